The maximum absolute atomic E-state index is 12.7. The summed E-state index contributed by atoms with van der Waals surface area (Å²) in [4.78, 5) is 38.7. The van der Waals surface area contributed by atoms with E-state index in [2.05, 4.69) is 38.5 Å². The zero-order chi connectivity index (χ0) is 21.1. The van der Waals surface area contributed by atoms with Gasteiger partial charge in [0.15, 0.2) is 17.3 Å². The number of methoxy groups -OCH3 is 2. The fourth-order valence-corrected chi connectivity index (χ4v) is 4.63. The molecule has 0 atom stereocenters. The maximum Gasteiger partial charge on any atom is 0.293 e. The van der Waals surface area contributed by atoms with Gasteiger partial charge in [-0.25, -0.2) is 0 Å². The molecule has 150 valence electrons. The summed E-state index contributed by atoms with van der Waals surface area (Å²) in [5.41, 5.74) is 1.13. The maximum atomic E-state index is 12.7. The predicted octanol–water partition coefficient (Wildman–Crippen LogP) is 4.99. The van der Waals surface area contributed by atoms with Gasteiger partial charge in [0.2, 0.25) is 0 Å². The van der Waals surface area contributed by atoms with E-state index in [0.717, 1.165) is 24.7 Å². The summed E-state index contributed by atoms with van der Waals surface area (Å²) in [5, 5.41) is -0.470. The van der Waals surface area contributed by atoms with Crippen LogP contribution >= 0.6 is 50.3 Å². The highest BCUT2D eigenvalue weighted by Gasteiger charge is 2.36. The van der Waals surface area contributed by atoms with Gasteiger partial charge >= 0.3 is 0 Å². The number of hydrogen-bond donors (Lipinski definition) is 0. The summed E-state index contributed by atoms with van der Waals surface area (Å²) in [6.07, 6.45) is 1.61. The van der Waals surface area contributed by atoms with Gasteiger partial charge in [0.05, 0.1) is 29.2 Å². The van der Waals surface area contributed by atoms with Crippen LogP contribution in [0.15, 0.2) is 45.8 Å². The van der Waals surface area contributed by atoms with E-state index < -0.39 is 11.1 Å². The van der Waals surface area contributed by atoms with Gasteiger partial charge in [0.1, 0.15) is 0 Å². The summed E-state index contributed by atoms with van der Waals surface area (Å²) in [5.74, 6) is 0.325. The third-order valence-corrected chi connectivity index (χ3v) is 6.33. The van der Waals surface area contributed by atoms with Crippen molar-refractivity contribution in [1.82, 2.24) is 4.90 Å². The van der Waals surface area contributed by atoms with Crippen LogP contribution in [0.5, 0.6) is 11.5 Å². The molecule has 0 bridgehead atoms. The molecule has 3 rings (SSSR count). The molecule has 1 fully saturated rings. The van der Waals surface area contributed by atoms with Crippen molar-refractivity contribution in [2.45, 2.75) is 0 Å². The monoisotopic (exact) mass is 587 g/mol. The Bertz CT molecular complexity index is 1020. The molecule has 1 aliphatic heterocycles. The van der Waals surface area contributed by atoms with Crippen LogP contribution in [-0.2, 0) is 4.79 Å². The number of ketones is 1. The smallest absolute Gasteiger partial charge is 0.293 e. The van der Waals surface area contributed by atoms with E-state index in [1.54, 1.807) is 43.5 Å². The summed E-state index contributed by atoms with van der Waals surface area (Å²) in [7, 11) is 3.08. The topological polar surface area (TPSA) is 72.9 Å². The molecular formula is C20H15BrINO5S. The minimum absolute atomic E-state index is 0.252. The van der Waals surface area contributed by atoms with E-state index in [1.165, 1.54) is 7.11 Å². The van der Waals surface area contributed by atoms with Crippen LogP contribution in [0, 0.1) is 3.57 Å². The highest BCUT2D eigenvalue weighted by atomic mass is 127. The highest BCUT2D eigenvalue weighted by Crippen LogP contribution is 2.37. The van der Waals surface area contributed by atoms with E-state index in [9.17, 15) is 14.4 Å². The van der Waals surface area contributed by atoms with E-state index in [0.29, 0.717) is 22.6 Å². The van der Waals surface area contributed by atoms with Crippen molar-refractivity contribution < 1.29 is 23.9 Å². The Morgan fingerprint density at radius 2 is 1.86 bits per heavy atom. The van der Waals surface area contributed by atoms with Gasteiger partial charge in [0, 0.05) is 10.0 Å². The first-order valence-electron chi connectivity index (χ1n) is 8.29. The van der Waals surface area contributed by atoms with Crippen molar-refractivity contribution in [1.29, 1.82) is 0 Å². The molecule has 1 heterocycles. The van der Waals surface area contributed by atoms with Crippen LogP contribution in [0.4, 0.5) is 4.79 Å². The molecule has 6 nitrogen and oxygen atoms in total. The van der Waals surface area contributed by atoms with Crippen molar-refractivity contribution in [3.63, 3.8) is 0 Å². The lowest BCUT2D eigenvalue weighted by atomic mass is 10.1. The van der Waals surface area contributed by atoms with Gasteiger partial charge in [-0.3, -0.25) is 19.3 Å². The number of thioether (sulfide) groups is 1. The second kappa shape index (κ2) is 9.31. The number of nitrogens with zero attached hydrogens (tertiary/aromatic N) is 1. The van der Waals surface area contributed by atoms with Gasteiger partial charge in [-0.05, 0) is 70.3 Å². The lowest BCUT2D eigenvalue weighted by molar-refractivity contribution is -0.122. The molecule has 29 heavy (non-hydrogen) atoms. The molecule has 0 N–H and O–H groups in total. The number of amides is 2. The van der Waals surface area contributed by atoms with Crippen LogP contribution in [0.1, 0.15) is 15.9 Å². The van der Waals surface area contributed by atoms with Crippen LogP contribution < -0.4 is 9.47 Å². The Morgan fingerprint density at radius 1 is 1.17 bits per heavy atom. The van der Waals surface area contributed by atoms with E-state index in [-0.39, 0.29) is 17.2 Å². The Kier molecular flexibility index (Phi) is 7.01. The predicted molar refractivity (Wildman–Crippen MR) is 123 cm³/mol. The van der Waals surface area contributed by atoms with Crippen molar-refractivity contribution in [2.75, 3.05) is 20.8 Å². The molecule has 0 spiro atoms. The van der Waals surface area contributed by atoms with Crippen molar-refractivity contribution in [3.05, 3.63) is 60.5 Å². The van der Waals surface area contributed by atoms with Crippen LogP contribution in [0.3, 0.4) is 0 Å². The molecule has 0 unspecified atom stereocenters. The first-order chi connectivity index (χ1) is 13.8. The average Bonchev–Trinajstić information content (AvgIpc) is 2.95. The second-order valence-corrected chi connectivity index (χ2v) is 9.01. The van der Waals surface area contributed by atoms with Crippen molar-refractivity contribution >= 4 is 73.3 Å². The normalized spacial score (nSPS) is 15.2. The number of rotatable bonds is 6. The summed E-state index contributed by atoms with van der Waals surface area (Å²) in [6, 6.07) is 10.3. The minimum Gasteiger partial charge on any atom is -0.493 e. The third kappa shape index (κ3) is 4.84. The minimum atomic E-state index is -0.491. The Labute approximate surface area is 193 Å². The molecule has 0 saturated carbocycles. The quantitative estimate of drug-likeness (QED) is 0.269. The summed E-state index contributed by atoms with van der Waals surface area (Å²) in [6.45, 7) is -0.299. The second-order valence-electron chi connectivity index (χ2n) is 5.94. The molecular weight excluding hydrogens is 573 g/mol. The number of hydrogen-bond acceptors (Lipinski definition) is 6. The van der Waals surface area contributed by atoms with Gasteiger partial charge in [0.25, 0.3) is 11.1 Å². The molecule has 0 radical (unpaired) electrons. The van der Waals surface area contributed by atoms with E-state index in [4.69, 9.17) is 9.47 Å². The van der Waals surface area contributed by atoms with Crippen molar-refractivity contribution in [3.8, 4) is 11.5 Å². The molecule has 9 heteroatoms. The fraction of sp³-hybridized carbons (Fsp3) is 0.150. The molecule has 2 amide bonds. The molecule has 1 aliphatic rings. The number of benzene rings is 2. The number of imide groups is 1. The van der Waals surface area contributed by atoms with Crippen molar-refractivity contribution in [2.24, 2.45) is 0 Å². The summed E-state index contributed by atoms with van der Waals surface area (Å²) < 4.78 is 12.3. The number of halogens is 2. The van der Waals surface area contributed by atoms with Gasteiger partial charge in [-0.1, -0.05) is 28.1 Å². The number of ether oxygens (including phenoxy) is 2. The van der Waals surface area contributed by atoms with Crippen LogP contribution in [0.25, 0.3) is 6.08 Å². The summed E-state index contributed by atoms with van der Waals surface area (Å²) >= 11 is 6.23. The van der Waals surface area contributed by atoms with E-state index in [1.807, 2.05) is 6.07 Å². The molecule has 2 aromatic carbocycles. The molecule has 1 saturated heterocycles. The SMILES string of the molecule is COc1cc(/C=C2/SC(=O)N(CC(=O)c3ccc(Br)cc3)C2=O)cc(I)c1OC. The van der Waals surface area contributed by atoms with Gasteiger partial charge in [-0.15, -0.1) is 0 Å². The third-order valence-electron chi connectivity index (χ3n) is 4.10. The Hall–Kier alpha value is -1.85. The largest absolute Gasteiger partial charge is 0.493 e. The zero-order valence-electron chi connectivity index (χ0n) is 15.4. The fourth-order valence-electron chi connectivity index (χ4n) is 2.68. The Balaban J connectivity index is 1.82. The number of carbonyl (C=O) groups excluding carboxylic acids is 3. The van der Waals surface area contributed by atoms with Crippen LogP contribution in [0.2, 0.25) is 0 Å². The van der Waals surface area contributed by atoms with Gasteiger partial charge in [-0.2, -0.15) is 0 Å². The van der Waals surface area contributed by atoms with Gasteiger partial charge < -0.3 is 9.47 Å². The molecule has 0 aliphatic carbocycles. The first kappa shape index (κ1) is 21.8. The molecule has 0 aromatic heterocycles. The first-order valence-corrected chi connectivity index (χ1v) is 11.0. The lowest BCUT2D eigenvalue weighted by Crippen LogP contribution is -2.33. The average molecular weight is 588 g/mol. The van der Waals surface area contributed by atoms with E-state index >= 15 is 0 Å². The van der Waals surface area contributed by atoms with Crippen LogP contribution in [-0.4, -0.2) is 42.6 Å². The lowest BCUT2D eigenvalue weighted by Gasteiger charge is -2.12. The highest BCUT2D eigenvalue weighted by molar-refractivity contribution is 14.1. The Morgan fingerprint density at radius 3 is 2.48 bits per heavy atom. The number of Topliss-reactive ketones (excluding diaryl/α,β-unsaturated/α-hetero) is 1. The zero-order valence-corrected chi connectivity index (χ0v) is 20.0. The standard InChI is InChI=1S/C20H15BrINO5S/c1-27-16-8-11(7-14(22)18(16)28-2)9-17-19(25)23(20(26)29-17)10-15(24)12-3-5-13(21)6-4-12/h3-9H,10H2,1-2H3/b17-9+. The molecule has 2 aromatic rings. The number of carbonyl (C=O) groups is 3.